The number of rotatable bonds is 4. The molecule has 2 N–H and O–H groups in total. The Hall–Kier alpha value is -0.690. The standard InChI is InChI=1S/C11H15FN2O2S.ClH/c12-9-3-5-11(6-4-9)17(15,16)14-8-10-2-1-7-13-10;/h3-6,10,13-14H,1-2,7-8H2;1H. The van der Waals surface area contributed by atoms with E-state index in [9.17, 15) is 12.8 Å². The van der Waals surface area contributed by atoms with Gasteiger partial charge in [0.2, 0.25) is 10.0 Å². The molecule has 1 saturated heterocycles. The third kappa shape index (κ3) is 3.91. The third-order valence-corrected chi connectivity index (χ3v) is 4.25. The maximum Gasteiger partial charge on any atom is 0.240 e. The average molecular weight is 295 g/mol. The molecule has 1 heterocycles. The first kappa shape index (κ1) is 15.4. The summed E-state index contributed by atoms with van der Waals surface area (Å²) in [4.78, 5) is 0.0943. The van der Waals surface area contributed by atoms with Gasteiger partial charge in [-0.25, -0.2) is 17.5 Å². The highest BCUT2D eigenvalue weighted by Gasteiger charge is 2.18. The van der Waals surface area contributed by atoms with Crippen LogP contribution in [0.5, 0.6) is 0 Å². The quantitative estimate of drug-likeness (QED) is 0.879. The van der Waals surface area contributed by atoms with E-state index in [-0.39, 0.29) is 23.3 Å². The molecule has 0 bridgehead atoms. The second-order valence-electron chi connectivity index (χ2n) is 4.10. The topological polar surface area (TPSA) is 58.2 Å². The van der Waals surface area contributed by atoms with Crippen molar-refractivity contribution in [3.8, 4) is 0 Å². The summed E-state index contributed by atoms with van der Waals surface area (Å²) in [7, 11) is -3.52. The minimum atomic E-state index is -3.52. The maximum absolute atomic E-state index is 12.7. The Balaban J connectivity index is 0.00000162. The minimum absolute atomic E-state index is 0. The van der Waals surface area contributed by atoms with E-state index < -0.39 is 15.8 Å². The van der Waals surface area contributed by atoms with Crippen LogP contribution < -0.4 is 10.0 Å². The van der Waals surface area contributed by atoms with Crippen molar-refractivity contribution in [1.29, 1.82) is 0 Å². The number of nitrogens with one attached hydrogen (secondary N) is 2. The molecule has 2 rings (SSSR count). The number of halogens is 2. The summed E-state index contributed by atoms with van der Waals surface area (Å²) in [5.41, 5.74) is 0. The Morgan fingerprint density at radius 3 is 2.56 bits per heavy atom. The van der Waals surface area contributed by atoms with E-state index in [0.29, 0.717) is 6.54 Å². The van der Waals surface area contributed by atoms with E-state index in [1.54, 1.807) is 0 Å². The van der Waals surface area contributed by atoms with Crippen LogP contribution in [0.15, 0.2) is 29.2 Å². The molecule has 1 atom stereocenters. The van der Waals surface area contributed by atoms with Gasteiger partial charge in [-0.1, -0.05) is 0 Å². The molecule has 1 aromatic rings. The molecule has 7 heteroatoms. The van der Waals surface area contributed by atoms with Crippen LogP contribution in [0.25, 0.3) is 0 Å². The summed E-state index contributed by atoms with van der Waals surface area (Å²) in [5.74, 6) is -0.443. The van der Waals surface area contributed by atoms with Crippen molar-refractivity contribution in [2.75, 3.05) is 13.1 Å². The van der Waals surface area contributed by atoms with Crippen LogP contribution >= 0.6 is 12.4 Å². The predicted octanol–water partition coefficient (Wildman–Crippen LogP) is 1.28. The number of benzene rings is 1. The van der Waals surface area contributed by atoms with Crippen LogP contribution in [0.2, 0.25) is 0 Å². The molecule has 18 heavy (non-hydrogen) atoms. The summed E-state index contributed by atoms with van der Waals surface area (Å²) in [6.07, 6.45) is 2.05. The lowest BCUT2D eigenvalue weighted by Crippen LogP contribution is -2.37. The minimum Gasteiger partial charge on any atom is -0.313 e. The van der Waals surface area contributed by atoms with E-state index in [1.807, 2.05) is 0 Å². The fourth-order valence-electron chi connectivity index (χ4n) is 1.84. The normalized spacial score (nSPS) is 19.5. The van der Waals surface area contributed by atoms with Gasteiger partial charge >= 0.3 is 0 Å². The van der Waals surface area contributed by atoms with Gasteiger partial charge in [0.15, 0.2) is 0 Å². The van der Waals surface area contributed by atoms with Crippen molar-refractivity contribution in [3.63, 3.8) is 0 Å². The maximum atomic E-state index is 12.7. The SMILES string of the molecule is Cl.O=S(=O)(NCC1CCCN1)c1ccc(F)cc1. The second-order valence-corrected chi connectivity index (χ2v) is 5.87. The molecule has 0 spiro atoms. The second kappa shape index (κ2) is 6.47. The molecule has 0 radical (unpaired) electrons. The number of hydrogen-bond donors (Lipinski definition) is 2. The van der Waals surface area contributed by atoms with Crippen LogP contribution in [0.4, 0.5) is 4.39 Å². The van der Waals surface area contributed by atoms with Crippen molar-refractivity contribution in [3.05, 3.63) is 30.1 Å². The Labute approximate surface area is 112 Å². The molecule has 102 valence electrons. The molecule has 0 aromatic heterocycles. The number of hydrogen-bond acceptors (Lipinski definition) is 3. The molecular weight excluding hydrogens is 279 g/mol. The Morgan fingerprint density at radius 2 is 2.00 bits per heavy atom. The average Bonchev–Trinajstić information content (AvgIpc) is 2.80. The zero-order valence-corrected chi connectivity index (χ0v) is 11.4. The van der Waals surface area contributed by atoms with Crippen LogP contribution in [-0.2, 0) is 10.0 Å². The highest BCUT2D eigenvalue weighted by atomic mass is 35.5. The summed E-state index contributed by atoms with van der Waals surface area (Å²) >= 11 is 0. The highest BCUT2D eigenvalue weighted by Crippen LogP contribution is 2.10. The summed E-state index contributed by atoms with van der Waals surface area (Å²) in [6.45, 7) is 1.31. The first-order valence-electron chi connectivity index (χ1n) is 5.56. The van der Waals surface area contributed by atoms with E-state index >= 15 is 0 Å². The largest absolute Gasteiger partial charge is 0.313 e. The van der Waals surface area contributed by atoms with Gasteiger partial charge in [-0.3, -0.25) is 0 Å². The lowest BCUT2D eigenvalue weighted by Gasteiger charge is -2.11. The number of sulfonamides is 1. The van der Waals surface area contributed by atoms with Crippen LogP contribution in [0, 0.1) is 5.82 Å². The molecule has 1 aromatic carbocycles. The van der Waals surface area contributed by atoms with E-state index in [1.165, 1.54) is 12.1 Å². The van der Waals surface area contributed by atoms with Crippen molar-refractivity contribution >= 4 is 22.4 Å². The lowest BCUT2D eigenvalue weighted by atomic mass is 10.2. The van der Waals surface area contributed by atoms with Gasteiger partial charge in [-0.15, -0.1) is 12.4 Å². The fraction of sp³-hybridized carbons (Fsp3) is 0.455. The van der Waals surface area contributed by atoms with Gasteiger partial charge in [0.05, 0.1) is 4.90 Å². The van der Waals surface area contributed by atoms with E-state index in [0.717, 1.165) is 31.5 Å². The predicted molar refractivity (Wildman–Crippen MR) is 69.9 cm³/mol. The molecule has 0 amide bonds. The molecule has 1 aliphatic rings. The molecule has 0 saturated carbocycles. The van der Waals surface area contributed by atoms with Crippen molar-refractivity contribution in [2.24, 2.45) is 0 Å². The lowest BCUT2D eigenvalue weighted by molar-refractivity contribution is 0.551. The van der Waals surface area contributed by atoms with Crippen molar-refractivity contribution in [1.82, 2.24) is 10.0 Å². The Bertz CT molecular complexity index is 472. The van der Waals surface area contributed by atoms with Crippen LogP contribution in [0.3, 0.4) is 0 Å². The van der Waals surface area contributed by atoms with E-state index in [2.05, 4.69) is 10.0 Å². The van der Waals surface area contributed by atoms with Gasteiger partial charge < -0.3 is 5.32 Å². The van der Waals surface area contributed by atoms with Gasteiger partial charge in [-0.2, -0.15) is 0 Å². The monoisotopic (exact) mass is 294 g/mol. The molecule has 1 aliphatic heterocycles. The van der Waals surface area contributed by atoms with Crippen molar-refractivity contribution in [2.45, 2.75) is 23.8 Å². The first-order valence-corrected chi connectivity index (χ1v) is 7.05. The zero-order valence-electron chi connectivity index (χ0n) is 9.73. The summed E-state index contributed by atoms with van der Waals surface area (Å²) in [5, 5.41) is 3.20. The Morgan fingerprint density at radius 1 is 1.33 bits per heavy atom. The van der Waals surface area contributed by atoms with Gasteiger partial charge in [0.25, 0.3) is 0 Å². The molecule has 0 aliphatic carbocycles. The van der Waals surface area contributed by atoms with E-state index in [4.69, 9.17) is 0 Å². The zero-order chi connectivity index (χ0) is 12.3. The van der Waals surface area contributed by atoms with Crippen LogP contribution in [-0.4, -0.2) is 27.5 Å². The Kier molecular flexibility index (Phi) is 5.52. The highest BCUT2D eigenvalue weighted by molar-refractivity contribution is 7.89. The summed E-state index contributed by atoms with van der Waals surface area (Å²) < 4.78 is 38.9. The smallest absolute Gasteiger partial charge is 0.240 e. The van der Waals surface area contributed by atoms with Gasteiger partial charge in [-0.05, 0) is 43.7 Å². The summed E-state index contributed by atoms with van der Waals surface area (Å²) in [6, 6.07) is 5.01. The van der Waals surface area contributed by atoms with Gasteiger partial charge in [0.1, 0.15) is 5.82 Å². The molecule has 1 unspecified atom stereocenters. The fourth-order valence-corrected chi connectivity index (χ4v) is 2.92. The van der Waals surface area contributed by atoms with Gasteiger partial charge in [0, 0.05) is 12.6 Å². The third-order valence-electron chi connectivity index (χ3n) is 2.81. The van der Waals surface area contributed by atoms with Crippen molar-refractivity contribution < 1.29 is 12.8 Å². The molecule has 4 nitrogen and oxygen atoms in total. The van der Waals surface area contributed by atoms with Crippen LogP contribution in [0.1, 0.15) is 12.8 Å². The molecule has 1 fully saturated rings. The molecular formula is C11H16ClFN2O2S. The first-order chi connectivity index (χ1) is 8.08.